The van der Waals surface area contributed by atoms with E-state index in [9.17, 15) is 31.4 Å². The summed E-state index contributed by atoms with van der Waals surface area (Å²) in [6.07, 6.45) is -7.27. The maximum atomic E-state index is 11.3. The molecule has 1 aromatic rings. The normalized spacial score (nSPS) is 20.5. The number of carboxylic acid groups (broad SMARTS) is 2. The van der Waals surface area contributed by atoms with E-state index in [1.807, 2.05) is 0 Å². The smallest absolute Gasteiger partial charge is 0.475 e. The lowest BCUT2D eigenvalue weighted by molar-refractivity contribution is -0.193. The molecular formula is C23H33F6N3O5. The van der Waals surface area contributed by atoms with E-state index in [0.717, 1.165) is 45.4 Å². The number of nitrogens with one attached hydrogen (secondary N) is 1. The number of carboxylic acids is 2. The van der Waals surface area contributed by atoms with Gasteiger partial charge in [0, 0.05) is 5.41 Å². The second-order valence-electron chi connectivity index (χ2n) is 9.13. The molecule has 1 heterocycles. The minimum atomic E-state index is -5.08. The summed E-state index contributed by atoms with van der Waals surface area (Å²) in [6.45, 7) is 4.11. The average molecular weight is 546 g/mol. The summed E-state index contributed by atoms with van der Waals surface area (Å²) in [4.78, 5) is 22.4. The van der Waals surface area contributed by atoms with Gasteiger partial charge < -0.3 is 25.5 Å². The Kier molecular flexibility index (Phi) is 11.8. The van der Waals surface area contributed by atoms with Crippen LogP contribution in [0.3, 0.4) is 0 Å². The summed E-state index contributed by atoms with van der Waals surface area (Å²) >= 11 is 0. The molecule has 3 rings (SSSR count). The van der Waals surface area contributed by atoms with Gasteiger partial charge in [-0.3, -0.25) is 4.90 Å². The Morgan fingerprint density at radius 1 is 0.946 bits per heavy atom. The fourth-order valence-electron chi connectivity index (χ4n) is 4.53. The highest BCUT2D eigenvalue weighted by Gasteiger charge is 2.52. The number of rotatable bonds is 5. The number of fused-ring (bicyclic) bond motifs is 2. The highest BCUT2D eigenvalue weighted by atomic mass is 19.4. The quantitative estimate of drug-likeness (QED) is 0.418. The van der Waals surface area contributed by atoms with E-state index in [-0.39, 0.29) is 17.6 Å². The van der Waals surface area contributed by atoms with E-state index in [1.54, 1.807) is 0 Å². The first kappa shape index (κ1) is 32.6. The van der Waals surface area contributed by atoms with Crippen LogP contribution in [0.4, 0.5) is 26.3 Å². The van der Waals surface area contributed by atoms with Gasteiger partial charge in [0.2, 0.25) is 0 Å². The summed E-state index contributed by atoms with van der Waals surface area (Å²) < 4.78 is 63.5. The number of likely N-dealkylation sites (N-methyl/N-ethyl adjacent to an activating group) is 1. The third-order valence-corrected chi connectivity index (χ3v) is 6.25. The zero-order valence-corrected chi connectivity index (χ0v) is 20.7. The number of hydrogen-bond acceptors (Lipinski definition) is 6. The Bertz CT molecular complexity index is 864. The van der Waals surface area contributed by atoms with Gasteiger partial charge in [-0.05, 0) is 77.7 Å². The number of alkyl halides is 6. The van der Waals surface area contributed by atoms with Gasteiger partial charge in [0.25, 0.3) is 0 Å². The van der Waals surface area contributed by atoms with Crippen molar-refractivity contribution in [2.24, 2.45) is 0 Å². The predicted octanol–water partition coefficient (Wildman–Crippen LogP) is 2.87. The first-order valence-electron chi connectivity index (χ1n) is 11.4. The van der Waals surface area contributed by atoms with Gasteiger partial charge in [0.05, 0.1) is 12.1 Å². The summed E-state index contributed by atoms with van der Waals surface area (Å²) in [6, 6.07) is 8.85. The Hall–Kier alpha value is -2.42. The van der Waals surface area contributed by atoms with Crippen LogP contribution in [0.1, 0.15) is 36.4 Å². The molecule has 8 nitrogen and oxygen atoms in total. The molecule has 0 aromatic heterocycles. The van der Waals surface area contributed by atoms with Crippen LogP contribution in [0.2, 0.25) is 0 Å². The third-order valence-electron chi connectivity index (χ3n) is 6.25. The van der Waals surface area contributed by atoms with Crippen molar-refractivity contribution >= 4 is 11.9 Å². The molecule has 212 valence electrons. The number of carbonyl (C=O) groups is 2. The molecule has 1 saturated heterocycles. The fraction of sp³-hybridized carbons (Fsp3) is 0.652. The molecule has 1 fully saturated rings. The number of halogens is 6. The molecule has 1 aromatic carbocycles. The molecule has 2 atom stereocenters. The first-order valence-corrected chi connectivity index (χ1v) is 11.4. The molecule has 2 aliphatic rings. The molecular weight excluding hydrogens is 512 g/mol. The van der Waals surface area contributed by atoms with Gasteiger partial charge in [-0.2, -0.15) is 26.3 Å². The summed E-state index contributed by atoms with van der Waals surface area (Å²) in [5, 5.41) is 29.0. The van der Waals surface area contributed by atoms with Crippen molar-refractivity contribution in [2.75, 3.05) is 47.3 Å². The van der Waals surface area contributed by atoms with Crippen LogP contribution in [-0.4, -0.2) is 103 Å². The largest absolute Gasteiger partial charge is 0.490 e. The topological polar surface area (TPSA) is 113 Å². The number of aliphatic hydroxyl groups excluding tert-OH is 1. The summed E-state index contributed by atoms with van der Waals surface area (Å²) in [7, 11) is 6.40. The lowest BCUT2D eigenvalue weighted by Crippen LogP contribution is -2.48. The van der Waals surface area contributed by atoms with Crippen LogP contribution in [-0.2, 0) is 15.0 Å². The Balaban J connectivity index is 0.000000404. The average Bonchev–Trinajstić information content (AvgIpc) is 3.01. The molecule has 0 amide bonds. The van der Waals surface area contributed by atoms with Crippen molar-refractivity contribution in [1.82, 2.24) is 15.1 Å². The van der Waals surface area contributed by atoms with E-state index in [0.29, 0.717) is 0 Å². The van der Waals surface area contributed by atoms with Gasteiger partial charge in [-0.25, -0.2) is 9.59 Å². The van der Waals surface area contributed by atoms with Crippen LogP contribution in [0.5, 0.6) is 0 Å². The molecule has 1 aliphatic heterocycles. The zero-order chi connectivity index (χ0) is 28.6. The Morgan fingerprint density at radius 2 is 1.41 bits per heavy atom. The second kappa shape index (κ2) is 13.4. The van der Waals surface area contributed by atoms with Crippen molar-refractivity contribution in [3.05, 3.63) is 35.4 Å². The monoisotopic (exact) mass is 545 g/mol. The number of hydrogen-bond donors (Lipinski definition) is 4. The molecule has 1 aliphatic carbocycles. The maximum absolute atomic E-state index is 11.3. The number of nitrogens with zero attached hydrogens (tertiary/aromatic N) is 2. The Labute approximate surface area is 210 Å². The molecule has 14 heteroatoms. The van der Waals surface area contributed by atoms with Gasteiger partial charge >= 0.3 is 24.3 Å². The van der Waals surface area contributed by atoms with Crippen molar-refractivity contribution in [3.8, 4) is 0 Å². The molecule has 1 spiro atoms. The van der Waals surface area contributed by atoms with Crippen LogP contribution in [0.15, 0.2) is 24.3 Å². The number of benzene rings is 1. The third kappa shape index (κ3) is 9.13. The number of aliphatic carboxylic acids is 2. The summed E-state index contributed by atoms with van der Waals surface area (Å²) in [5.74, 6) is -5.51. The van der Waals surface area contributed by atoms with Crippen LogP contribution >= 0.6 is 0 Å². The highest BCUT2D eigenvalue weighted by molar-refractivity contribution is 5.73. The number of aliphatic hydroxyl groups is 1. The highest BCUT2D eigenvalue weighted by Crippen LogP contribution is 2.51. The van der Waals surface area contributed by atoms with Gasteiger partial charge in [-0.15, -0.1) is 0 Å². The zero-order valence-electron chi connectivity index (χ0n) is 20.7. The van der Waals surface area contributed by atoms with Gasteiger partial charge in [0.15, 0.2) is 0 Å². The van der Waals surface area contributed by atoms with E-state index >= 15 is 0 Å². The fourth-order valence-corrected chi connectivity index (χ4v) is 4.53. The van der Waals surface area contributed by atoms with Crippen molar-refractivity contribution in [2.45, 2.75) is 49.2 Å². The minimum absolute atomic E-state index is 0.0533. The van der Waals surface area contributed by atoms with E-state index in [1.165, 1.54) is 11.1 Å². The van der Waals surface area contributed by atoms with Crippen LogP contribution in [0.25, 0.3) is 0 Å². The number of piperidine rings is 1. The molecule has 0 radical (unpaired) electrons. The van der Waals surface area contributed by atoms with Crippen LogP contribution in [0, 0.1) is 0 Å². The molecule has 4 N–H and O–H groups in total. The molecule has 0 saturated carbocycles. The van der Waals surface area contributed by atoms with Crippen molar-refractivity contribution < 1.29 is 51.3 Å². The lowest BCUT2D eigenvalue weighted by Gasteiger charge is -2.40. The van der Waals surface area contributed by atoms with Crippen molar-refractivity contribution in [1.29, 1.82) is 0 Å². The summed E-state index contributed by atoms with van der Waals surface area (Å²) in [5.41, 5.74) is 2.68. The second-order valence-corrected chi connectivity index (χ2v) is 9.13. The van der Waals surface area contributed by atoms with Crippen molar-refractivity contribution in [3.63, 3.8) is 0 Å². The van der Waals surface area contributed by atoms with E-state index in [4.69, 9.17) is 19.8 Å². The molecule has 37 heavy (non-hydrogen) atoms. The Morgan fingerprint density at radius 3 is 1.84 bits per heavy atom. The van der Waals surface area contributed by atoms with E-state index < -0.39 is 24.3 Å². The van der Waals surface area contributed by atoms with Gasteiger partial charge in [0.1, 0.15) is 0 Å². The molecule has 0 bridgehead atoms. The van der Waals surface area contributed by atoms with Crippen LogP contribution < -0.4 is 5.32 Å². The minimum Gasteiger partial charge on any atom is -0.475 e. The first-order chi connectivity index (χ1) is 16.9. The standard InChI is InChI=1S/C19H31N3O.2C2HF3O2/c1-21(2)13-6-14-22(3)17-15-7-4-5-8-16(15)19(18(17)23)9-11-20-12-10-19;2*3-2(4,5)1(6)7/h4-5,7-8,17-18,20,23H,6,9-14H2,1-3H3;2*(H,6,7)/t17-,18+;;/m1../s1. The molecule has 0 unspecified atom stereocenters. The SMILES string of the molecule is CN(C)CCCN(C)[C@@H]1c2ccccc2C2(CCNCC2)[C@H]1O.O=C(O)C(F)(F)F.O=C(O)C(F)(F)F. The lowest BCUT2D eigenvalue weighted by atomic mass is 9.72. The van der Waals surface area contributed by atoms with E-state index in [2.05, 4.69) is 60.5 Å². The van der Waals surface area contributed by atoms with Gasteiger partial charge in [-0.1, -0.05) is 24.3 Å². The predicted molar refractivity (Wildman–Crippen MR) is 122 cm³/mol. The maximum Gasteiger partial charge on any atom is 0.490 e.